The van der Waals surface area contributed by atoms with Crippen LogP contribution in [-0.2, 0) is 14.6 Å². The molecule has 9 heteroatoms. The number of sulfone groups is 1. The normalized spacial score (nSPS) is 14.1. The lowest BCUT2D eigenvalue weighted by molar-refractivity contribution is -0.0435. The molecule has 0 aromatic heterocycles. The fraction of sp³-hybridized carbons (Fsp3) is 0.455. The second-order valence-electron chi connectivity index (χ2n) is 3.98. The van der Waals surface area contributed by atoms with E-state index in [1.807, 2.05) is 0 Å². The fourth-order valence-corrected chi connectivity index (χ4v) is 2.46. The topological polar surface area (TPSA) is 81.4 Å². The monoisotopic (exact) mass is 312 g/mol. The van der Waals surface area contributed by atoms with Gasteiger partial charge in [-0.15, -0.1) is 0 Å². The minimum Gasteiger partial charge on any atom is -0.383 e. The van der Waals surface area contributed by atoms with Crippen molar-refractivity contribution in [3.63, 3.8) is 0 Å². The van der Waals surface area contributed by atoms with Gasteiger partial charge in [0.15, 0.2) is 0 Å². The molecule has 5 nitrogen and oxygen atoms in total. The van der Waals surface area contributed by atoms with Crippen molar-refractivity contribution < 1.29 is 26.3 Å². The molecule has 1 aromatic rings. The zero-order valence-electron chi connectivity index (χ0n) is 10.6. The summed E-state index contributed by atoms with van der Waals surface area (Å²) in [4.78, 5) is -0.831. The summed E-state index contributed by atoms with van der Waals surface area (Å²) in [5, 5.41) is 2.65. The Morgan fingerprint density at radius 1 is 1.35 bits per heavy atom. The highest BCUT2D eigenvalue weighted by Gasteiger charge is 2.47. The van der Waals surface area contributed by atoms with Crippen molar-refractivity contribution >= 4 is 15.5 Å². The summed E-state index contributed by atoms with van der Waals surface area (Å²) in [7, 11) is -4.01. The Bertz CT molecular complexity index is 546. The van der Waals surface area contributed by atoms with Crippen LogP contribution in [-0.4, -0.2) is 40.2 Å². The van der Waals surface area contributed by atoms with Crippen LogP contribution in [0.5, 0.6) is 0 Å². The van der Waals surface area contributed by atoms with Crippen LogP contribution >= 0.6 is 0 Å². The molecule has 0 bridgehead atoms. The minimum atomic E-state index is -5.42. The maximum absolute atomic E-state index is 12.6. The smallest absolute Gasteiger partial charge is 0.383 e. The predicted molar refractivity (Wildman–Crippen MR) is 68.0 cm³/mol. The lowest BCUT2D eigenvalue weighted by atomic mass is 10.2. The quantitative estimate of drug-likeness (QED) is 0.829. The van der Waals surface area contributed by atoms with Crippen LogP contribution in [0.2, 0.25) is 0 Å². The lowest BCUT2D eigenvalue weighted by Gasteiger charge is -2.20. The van der Waals surface area contributed by atoms with Gasteiger partial charge in [0, 0.05) is 13.7 Å². The standard InChI is InChI=1S/C11H15F3N2O3S/c1-19-7-8(6-15)16-9-4-2-3-5-10(9)20(17,18)11(12,13)14/h2-5,8,16H,6-7,15H2,1H3. The first-order valence-corrected chi connectivity index (χ1v) is 7.08. The number of rotatable bonds is 6. The van der Waals surface area contributed by atoms with E-state index in [0.29, 0.717) is 0 Å². The summed E-state index contributed by atoms with van der Waals surface area (Å²) in [6, 6.07) is 4.29. The van der Waals surface area contributed by atoms with E-state index >= 15 is 0 Å². The van der Waals surface area contributed by atoms with Gasteiger partial charge < -0.3 is 15.8 Å². The molecule has 114 valence electrons. The van der Waals surface area contributed by atoms with Crippen molar-refractivity contribution in [3.05, 3.63) is 24.3 Å². The predicted octanol–water partition coefficient (Wildman–Crippen LogP) is 1.37. The van der Waals surface area contributed by atoms with E-state index in [1.165, 1.54) is 25.3 Å². The molecule has 20 heavy (non-hydrogen) atoms. The molecule has 0 radical (unpaired) electrons. The van der Waals surface area contributed by atoms with E-state index in [9.17, 15) is 21.6 Å². The maximum Gasteiger partial charge on any atom is 0.501 e. The van der Waals surface area contributed by atoms with Gasteiger partial charge in [-0.1, -0.05) is 12.1 Å². The van der Waals surface area contributed by atoms with Crippen molar-refractivity contribution in [3.8, 4) is 0 Å². The number of hydrogen-bond acceptors (Lipinski definition) is 5. The number of methoxy groups -OCH3 is 1. The van der Waals surface area contributed by atoms with E-state index in [4.69, 9.17) is 10.5 Å². The summed E-state index contributed by atoms with van der Waals surface area (Å²) in [6.07, 6.45) is 0. The molecular formula is C11H15F3N2O3S. The SMILES string of the molecule is COCC(CN)Nc1ccccc1S(=O)(=O)C(F)(F)F. The number of nitrogens with one attached hydrogen (secondary N) is 1. The number of para-hydroxylation sites is 1. The highest BCUT2D eigenvalue weighted by Crippen LogP contribution is 2.34. The molecule has 0 aliphatic heterocycles. The Morgan fingerprint density at radius 2 is 1.95 bits per heavy atom. The summed E-state index contributed by atoms with van der Waals surface area (Å²) in [6.45, 7) is 0.213. The molecule has 0 aliphatic carbocycles. The van der Waals surface area contributed by atoms with Gasteiger partial charge in [0.05, 0.1) is 23.2 Å². The van der Waals surface area contributed by atoms with Crippen LogP contribution in [0.15, 0.2) is 29.2 Å². The molecule has 0 saturated heterocycles. The molecule has 0 fully saturated rings. The summed E-state index contributed by atoms with van der Waals surface area (Å²) < 4.78 is 65.6. The molecule has 3 N–H and O–H groups in total. The average Bonchev–Trinajstić information content (AvgIpc) is 2.37. The van der Waals surface area contributed by atoms with Crippen LogP contribution in [0.1, 0.15) is 0 Å². The molecule has 1 atom stereocenters. The van der Waals surface area contributed by atoms with Gasteiger partial charge >= 0.3 is 5.51 Å². The summed E-state index contributed by atoms with van der Waals surface area (Å²) >= 11 is 0. The van der Waals surface area contributed by atoms with Crippen LogP contribution in [0, 0.1) is 0 Å². The lowest BCUT2D eigenvalue weighted by Crippen LogP contribution is -2.34. The van der Waals surface area contributed by atoms with Gasteiger partial charge in [0.1, 0.15) is 0 Å². The average molecular weight is 312 g/mol. The van der Waals surface area contributed by atoms with E-state index in [1.54, 1.807) is 0 Å². The molecule has 0 heterocycles. The van der Waals surface area contributed by atoms with E-state index < -0.39 is 26.3 Å². The fourth-order valence-electron chi connectivity index (χ4n) is 1.53. The Balaban J connectivity index is 3.18. The molecule has 0 amide bonds. The number of anilines is 1. The summed E-state index contributed by atoms with van der Waals surface area (Å²) in [5.74, 6) is 0. The molecule has 0 aliphatic rings. The van der Waals surface area contributed by atoms with Gasteiger partial charge in [0.2, 0.25) is 0 Å². The van der Waals surface area contributed by atoms with Crippen molar-refractivity contribution in [1.82, 2.24) is 0 Å². The maximum atomic E-state index is 12.6. The Morgan fingerprint density at radius 3 is 2.45 bits per heavy atom. The zero-order valence-corrected chi connectivity index (χ0v) is 11.5. The molecule has 0 saturated carbocycles. The van der Waals surface area contributed by atoms with Crippen molar-refractivity contribution in [1.29, 1.82) is 0 Å². The van der Waals surface area contributed by atoms with Crippen molar-refractivity contribution in [2.45, 2.75) is 16.4 Å². The van der Waals surface area contributed by atoms with Crippen molar-refractivity contribution in [2.24, 2.45) is 5.73 Å². The zero-order chi connectivity index (χ0) is 15.4. The molecule has 1 unspecified atom stereocenters. The summed E-state index contributed by atoms with van der Waals surface area (Å²) in [5.41, 5.74) is -0.0747. The third-order valence-corrected chi connectivity index (χ3v) is 4.04. The van der Waals surface area contributed by atoms with E-state index in [2.05, 4.69) is 5.32 Å². The first kappa shape index (κ1) is 16.7. The van der Waals surface area contributed by atoms with E-state index in [0.717, 1.165) is 6.07 Å². The second kappa shape index (κ2) is 6.42. The van der Waals surface area contributed by atoms with Crippen LogP contribution in [0.25, 0.3) is 0 Å². The highest BCUT2D eigenvalue weighted by atomic mass is 32.2. The Kier molecular flexibility index (Phi) is 5.37. The molecular weight excluding hydrogens is 297 g/mol. The van der Waals surface area contributed by atoms with Crippen LogP contribution in [0.3, 0.4) is 0 Å². The van der Waals surface area contributed by atoms with Crippen LogP contribution in [0.4, 0.5) is 18.9 Å². The number of ether oxygens (including phenoxy) is 1. The molecule has 1 aromatic carbocycles. The number of alkyl halides is 3. The van der Waals surface area contributed by atoms with Gasteiger partial charge in [-0.3, -0.25) is 0 Å². The number of benzene rings is 1. The van der Waals surface area contributed by atoms with Gasteiger partial charge in [-0.05, 0) is 12.1 Å². The second-order valence-corrected chi connectivity index (χ2v) is 5.89. The van der Waals surface area contributed by atoms with E-state index in [-0.39, 0.29) is 18.8 Å². The van der Waals surface area contributed by atoms with Crippen LogP contribution < -0.4 is 11.1 Å². The van der Waals surface area contributed by atoms with Gasteiger partial charge in [-0.2, -0.15) is 13.2 Å². The molecule has 1 rings (SSSR count). The third-order valence-electron chi connectivity index (χ3n) is 2.49. The number of halogens is 3. The van der Waals surface area contributed by atoms with Gasteiger partial charge in [-0.25, -0.2) is 8.42 Å². The largest absolute Gasteiger partial charge is 0.501 e. The minimum absolute atomic E-state index is 0.0776. The number of nitrogens with two attached hydrogens (primary N) is 1. The molecule has 0 spiro atoms. The first-order valence-electron chi connectivity index (χ1n) is 5.60. The van der Waals surface area contributed by atoms with Crippen molar-refractivity contribution in [2.75, 3.05) is 25.6 Å². The Hall–Kier alpha value is -1.32. The first-order chi connectivity index (χ1) is 9.24. The van der Waals surface area contributed by atoms with Gasteiger partial charge in [0.25, 0.3) is 9.84 Å². The Labute approximate surface area is 114 Å². The third kappa shape index (κ3) is 3.62. The highest BCUT2D eigenvalue weighted by molar-refractivity contribution is 7.92. The number of hydrogen-bond donors (Lipinski definition) is 2.